The molecular formula is C35H35Cl4N5O2. The topological polar surface area (TPSA) is 85.4 Å². The zero-order valence-corrected chi connectivity index (χ0v) is 28.6. The Balaban J connectivity index is 1.47. The monoisotopic (exact) mass is 697 g/mol. The molecule has 0 radical (unpaired) electrons. The number of amides is 1. The molecule has 5 aromatic rings. The summed E-state index contributed by atoms with van der Waals surface area (Å²) in [4.78, 5) is 19.3. The molecule has 0 spiro atoms. The Bertz CT molecular complexity index is 1820. The summed E-state index contributed by atoms with van der Waals surface area (Å²) in [5, 5.41) is 5.40. The second kappa shape index (κ2) is 15.5. The maximum absolute atomic E-state index is 12.1. The van der Waals surface area contributed by atoms with Gasteiger partial charge in [0.15, 0.2) is 0 Å². The van der Waals surface area contributed by atoms with E-state index in [1.165, 1.54) is 0 Å². The van der Waals surface area contributed by atoms with Crippen molar-refractivity contribution >= 4 is 63.3 Å². The number of benzene rings is 4. The van der Waals surface area contributed by atoms with Crippen molar-refractivity contribution < 1.29 is 9.53 Å². The molecule has 1 amide bonds. The Morgan fingerprint density at radius 1 is 0.891 bits per heavy atom. The Morgan fingerprint density at radius 2 is 1.57 bits per heavy atom. The summed E-state index contributed by atoms with van der Waals surface area (Å²) in [5.41, 5.74) is 11.1. The first-order valence-electron chi connectivity index (χ1n) is 14.8. The van der Waals surface area contributed by atoms with Crippen LogP contribution in [0.3, 0.4) is 0 Å². The number of carbonyl (C=O) groups excluding carboxylic acids is 1. The number of nitrogens with one attached hydrogen (secondary N) is 1. The number of fused-ring (bicyclic) bond motifs is 1. The van der Waals surface area contributed by atoms with E-state index in [0.29, 0.717) is 39.8 Å². The standard InChI is InChI=1S/C35H35Cl4N5O2/c1-43(2)14-3-15-46-26-9-6-24(7-10-26)35-42-32-18-25(8-13-33(32)44(35)21-23-5-12-28(37)30(39)17-23)31(19-34(40)45)41-20-22-4-11-27(36)29(38)16-22/h4-13,16-18,31,41H,3,14-15,19-21H2,1-2H3,(H2,40,45). The van der Waals surface area contributed by atoms with Gasteiger partial charge in [-0.3, -0.25) is 4.79 Å². The second-order valence-corrected chi connectivity index (χ2v) is 13.0. The first kappa shape index (κ1) is 34.0. The van der Waals surface area contributed by atoms with E-state index in [2.05, 4.69) is 14.8 Å². The van der Waals surface area contributed by atoms with Gasteiger partial charge in [0.2, 0.25) is 5.91 Å². The first-order chi connectivity index (χ1) is 22.1. The van der Waals surface area contributed by atoms with E-state index in [-0.39, 0.29) is 12.5 Å². The molecule has 0 aliphatic rings. The number of halogens is 4. The lowest BCUT2D eigenvalue weighted by molar-refractivity contribution is -0.118. The number of imidazole rings is 1. The molecule has 0 aliphatic carbocycles. The van der Waals surface area contributed by atoms with Crippen molar-refractivity contribution in [2.24, 2.45) is 5.73 Å². The molecule has 240 valence electrons. The summed E-state index contributed by atoms with van der Waals surface area (Å²) < 4.78 is 8.11. The highest BCUT2D eigenvalue weighted by Crippen LogP contribution is 2.31. The zero-order valence-electron chi connectivity index (χ0n) is 25.6. The molecule has 1 aromatic heterocycles. The summed E-state index contributed by atoms with van der Waals surface area (Å²) in [6.07, 6.45) is 1.05. The van der Waals surface area contributed by atoms with Gasteiger partial charge in [-0.15, -0.1) is 0 Å². The molecule has 7 nitrogen and oxygen atoms in total. The summed E-state index contributed by atoms with van der Waals surface area (Å²) in [6.45, 7) is 2.59. The van der Waals surface area contributed by atoms with E-state index in [1.54, 1.807) is 18.2 Å². The van der Waals surface area contributed by atoms with E-state index < -0.39 is 5.91 Å². The minimum atomic E-state index is -0.415. The van der Waals surface area contributed by atoms with Crippen LogP contribution in [0.5, 0.6) is 5.75 Å². The molecule has 1 unspecified atom stereocenters. The van der Waals surface area contributed by atoms with Gasteiger partial charge in [0.1, 0.15) is 11.6 Å². The minimum Gasteiger partial charge on any atom is -0.494 e. The first-order valence-corrected chi connectivity index (χ1v) is 16.4. The van der Waals surface area contributed by atoms with Crippen LogP contribution in [0.4, 0.5) is 0 Å². The van der Waals surface area contributed by atoms with Crippen LogP contribution in [-0.4, -0.2) is 47.6 Å². The van der Waals surface area contributed by atoms with Gasteiger partial charge >= 0.3 is 0 Å². The summed E-state index contributed by atoms with van der Waals surface area (Å²) in [7, 11) is 4.10. The average molecular weight is 700 g/mol. The van der Waals surface area contributed by atoms with Crippen molar-refractivity contribution in [1.82, 2.24) is 19.8 Å². The maximum atomic E-state index is 12.1. The third-order valence-corrected chi connectivity index (χ3v) is 9.05. The van der Waals surface area contributed by atoms with E-state index >= 15 is 0 Å². The third kappa shape index (κ3) is 8.73. The van der Waals surface area contributed by atoms with Crippen molar-refractivity contribution in [3.05, 3.63) is 116 Å². The predicted octanol–water partition coefficient (Wildman–Crippen LogP) is 8.40. The van der Waals surface area contributed by atoms with Gasteiger partial charge in [0.05, 0.1) is 37.7 Å². The summed E-state index contributed by atoms with van der Waals surface area (Å²) >= 11 is 24.9. The largest absolute Gasteiger partial charge is 0.494 e. The molecule has 0 fully saturated rings. The molecule has 0 saturated heterocycles. The highest BCUT2D eigenvalue weighted by molar-refractivity contribution is 6.42. The van der Waals surface area contributed by atoms with E-state index in [0.717, 1.165) is 57.8 Å². The fourth-order valence-electron chi connectivity index (χ4n) is 5.24. The fourth-order valence-corrected chi connectivity index (χ4v) is 5.88. The van der Waals surface area contributed by atoms with Gasteiger partial charge in [-0.1, -0.05) is 64.6 Å². The SMILES string of the molecule is CN(C)CCCOc1ccc(-c2nc3cc(C(CC(N)=O)NCc4ccc(Cl)c(Cl)c4)ccc3n2Cc2ccc(Cl)c(Cl)c2)cc1. The molecule has 0 saturated carbocycles. The van der Waals surface area contributed by atoms with Crippen LogP contribution in [0.2, 0.25) is 20.1 Å². The van der Waals surface area contributed by atoms with Crippen LogP contribution in [0.1, 0.15) is 35.6 Å². The van der Waals surface area contributed by atoms with Gasteiger partial charge in [0.25, 0.3) is 0 Å². The Kier molecular flexibility index (Phi) is 11.5. The van der Waals surface area contributed by atoms with Gasteiger partial charge in [-0.05, 0) is 97.9 Å². The number of aromatic nitrogens is 2. The second-order valence-electron chi connectivity index (χ2n) is 11.4. The number of hydrogen-bond donors (Lipinski definition) is 2. The summed E-state index contributed by atoms with van der Waals surface area (Å²) in [6, 6.07) is 24.7. The van der Waals surface area contributed by atoms with Gasteiger partial charge in [-0.2, -0.15) is 0 Å². The molecule has 11 heteroatoms. The maximum Gasteiger partial charge on any atom is 0.219 e. The molecule has 1 atom stereocenters. The van der Waals surface area contributed by atoms with Crippen molar-refractivity contribution in [2.45, 2.75) is 32.0 Å². The van der Waals surface area contributed by atoms with E-state index in [1.807, 2.05) is 74.8 Å². The highest BCUT2D eigenvalue weighted by atomic mass is 35.5. The van der Waals surface area contributed by atoms with Crippen molar-refractivity contribution in [3.63, 3.8) is 0 Å². The normalized spacial score (nSPS) is 12.2. The lowest BCUT2D eigenvalue weighted by atomic mass is 10.0. The molecule has 5 rings (SSSR count). The van der Waals surface area contributed by atoms with E-state index in [4.69, 9.17) is 61.9 Å². The molecule has 4 aromatic carbocycles. The number of carbonyl (C=O) groups is 1. The van der Waals surface area contributed by atoms with Crippen molar-refractivity contribution in [2.75, 3.05) is 27.2 Å². The fraction of sp³-hybridized carbons (Fsp3) is 0.257. The number of nitrogens with two attached hydrogens (primary N) is 1. The minimum absolute atomic E-state index is 0.111. The number of rotatable bonds is 14. The third-order valence-electron chi connectivity index (χ3n) is 7.57. The quantitative estimate of drug-likeness (QED) is 0.114. The van der Waals surface area contributed by atoms with Gasteiger partial charge < -0.3 is 25.3 Å². The smallest absolute Gasteiger partial charge is 0.219 e. The van der Waals surface area contributed by atoms with Gasteiger partial charge in [-0.25, -0.2) is 4.98 Å². The Labute approximate surface area is 289 Å². The Morgan fingerprint density at radius 3 is 2.22 bits per heavy atom. The van der Waals surface area contributed by atoms with Crippen LogP contribution in [-0.2, 0) is 17.9 Å². The number of hydrogen-bond acceptors (Lipinski definition) is 5. The van der Waals surface area contributed by atoms with Crippen molar-refractivity contribution in [3.8, 4) is 17.1 Å². The average Bonchev–Trinajstić information content (AvgIpc) is 3.38. The van der Waals surface area contributed by atoms with Crippen LogP contribution < -0.4 is 15.8 Å². The molecule has 1 heterocycles. The zero-order chi connectivity index (χ0) is 32.8. The van der Waals surface area contributed by atoms with E-state index in [9.17, 15) is 4.79 Å². The highest BCUT2D eigenvalue weighted by Gasteiger charge is 2.19. The Hall–Kier alpha value is -3.30. The van der Waals surface area contributed by atoms with Crippen LogP contribution in [0.25, 0.3) is 22.4 Å². The van der Waals surface area contributed by atoms with Crippen LogP contribution in [0.15, 0.2) is 78.9 Å². The number of ether oxygens (including phenoxy) is 1. The lowest BCUT2D eigenvalue weighted by Crippen LogP contribution is -2.26. The van der Waals surface area contributed by atoms with Crippen LogP contribution in [0, 0.1) is 0 Å². The molecular weight excluding hydrogens is 664 g/mol. The molecule has 0 bridgehead atoms. The lowest BCUT2D eigenvalue weighted by Gasteiger charge is -2.18. The summed E-state index contributed by atoms with van der Waals surface area (Å²) in [5.74, 6) is 1.17. The molecule has 3 N–H and O–H groups in total. The predicted molar refractivity (Wildman–Crippen MR) is 189 cm³/mol. The molecule has 0 aliphatic heterocycles. The van der Waals surface area contributed by atoms with Gasteiger partial charge in [0, 0.05) is 37.7 Å². The van der Waals surface area contributed by atoms with Crippen LogP contribution >= 0.6 is 46.4 Å². The number of primary amides is 1. The molecule has 46 heavy (non-hydrogen) atoms. The number of nitrogens with zero attached hydrogens (tertiary/aromatic N) is 3. The van der Waals surface area contributed by atoms with Crippen molar-refractivity contribution in [1.29, 1.82) is 0 Å².